The molecule has 0 amide bonds. The molecule has 0 saturated heterocycles. The quantitative estimate of drug-likeness (QED) is 0.295. The Hall–Kier alpha value is -4.30. The van der Waals surface area contributed by atoms with Crippen LogP contribution in [0.25, 0.3) is 22.2 Å². The van der Waals surface area contributed by atoms with Gasteiger partial charge in [-0.05, 0) is 30.3 Å². The topological polar surface area (TPSA) is 73.1 Å². The maximum atomic E-state index is 5.57. The summed E-state index contributed by atoms with van der Waals surface area (Å²) >= 11 is 1.51. The summed E-state index contributed by atoms with van der Waals surface area (Å²) in [7, 11) is 4.80. The first kappa shape index (κ1) is 22.5. The molecule has 0 fully saturated rings. The largest absolute Gasteiger partial charge is 0.493 e. The zero-order valence-corrected chi connectivity index (χ0v) is 20.4. The molecule has 5 aromatic rings. The molecule has 8 heteroatoms. The van der Waals surface area contributed by atoms with Gasteiger partial charge in [-0.2, -0.15) is 5.10 Å². The van der Waals surface area contributed by atoms with Crippen molar-refractivity contribution in [2.75, 3.05) is 21.3 Å². The van der Waals surface area contributed by atoms with E-state index in [2.05, 4.69) is 11.1 Å². The van der Waals surface area contributed by atoms with Crippen LogP contribution in [0, 0.1) is 0 Å². The summed E-state index contributed by atoms with van der Waals surface area (Å²) in [4.78, 5) is 8.87. The summed E-state index contributed by atoms with van der Waals surface area (Å²) in [6.45, 7) is 0. The van der Waals surface area contributed by atoms with Crippen LogP contribution in [0.3, 0.4) is 0 Å². The van der Waals surface area contributed by atoms with E-state index in [9.17, 15) is 0 Å². The van der Waals surface area contributed by atoms with Crippen molar-refractivity contribution < 1.29 is 14.2 Å². The number of nitrogens with one attached hydrogen (secondary N) is 1. The minimum Gasteiger partial charge on any atom is -0.493 e. The van der Waals surface area contributed by atoms with Gasteiger partial charge >= 0.3 is 0 Å². The smallest absolute Gasteiger partial charge is 0.211 e. The van der Waals surface area contributed by atoms with E-state index >= 15 is 0 Å². The van der Waals surface area contributed by atoms with Crippen LogP contribution in [-0.4, -0.2) is 37.2 Å². The molecule has 35 heavy (non-hydrogen) atoms. The van der Waals surface area contributed by atoms with E-state index in [4.69, 9.17) is 24.3 Å². The lowest BCUT2D eigenvalue weighted by Gasteiger charge is -2.14. The fraction of sp³-hybridized carbons (Fsp3) is 0.111. The molecule has 2 heterocycles. The number of ether oxygens (including phenoxy) is 3. The first-order valence-electron chi connectivity index (χ1n) is 10.9. The molecule has 0 aliphatic rings. The highest BCUT2D eigenvalue weighted by Crippen LogP contribution is 2.41. The van der Waals surface area contributed by atoms with Crippen LogP contribution < -0.4 is 19.0 Å². The lowest BCUT2D eigenvalue weighted by Crippen LogP contribution is -2.11. The van der Waals surface area contributed by atoms with Gasteiger partial charge in [-0.1, -0.05) is 36.4 Å². The van der Waals surface area contributed by atoms with E-state index in [1.807, 2.05) is 83.1 Å². The van der Waals surface area contributed by atoms with Gasteiger partial charge in [0, 0.05) is 33.6 Å². The summed E-state index contributed by atoms with van der Waals surface area (Å²) in [5, 5.41) is 7.98. The van der Waals surface area contributed by atoms with Crippen molar-refractivity contribution in [3.05, 3.63) is 88.7 Å². The Labute approximate surface area is 206 Å². The fourth-order valence-corrected chi connectivity index (χ4v) is 4.71. The minimum atomic E-state index is 0.539. The number of aromatic nitrogens is 2. The van der Waals surface area contributed by atoms with Gasteiger partial charge in [-0.25, -0.2) is 9.67 Å². The number of fused-ring (bicyclic) bond motifs is 1. The average Bonchev–Trinajstić information content (AvgIpc) is 3.50. The number of benzene rings is 3. The number of thiazole rings is 1. The molecule has 176 valence electrons. The summed E-state index contributed by atoms with van der Waals surface area (Å²) in [6, 6.07) is 21.8. The Bertz CT molecular complexity index is 1540. The molecule has 7 nitrogen and oxygen atoms in total. The number of nitrogens with zero attached hydrogens (tertiary/aromatic N) is 3. The van der Waals surface area contributed by atoms with E-state index < -0.39 is 0 Å². The van der Waals surface area contributed by atoms with Gasteiger partial charge in [0.15, 0.2) is 11.5 Å². The molecule has 0 radical (unpaired) electrons. The number of para-hydroxylation sites is 2. The molecule has 3 aromatic carbocycles. The Kier molecular flexibility index (Phi) is 6.36. The van der Waals surface area contributed by atoms with Gasteiger partial charge < -0.3 is 19.2 Å². The number of aromatic amines is 1. The Balaban J connectivity index is 1.69. The third kappa shape index (κ3) is 4.43. The molecule has 0 unspecified atom stereocenters. The third-order valence-electron chi connectivity index (χ3n) is 5.56. The van der Waals surface area contributed by atoms with Crippen molar-refractivity contribution in [1.82, 2.24) is 9.66 Å². The van der Waals surface area contributed by atoms with Crippen molar-refractivity contribution in [1.29, 1.82) is 0 Å². The van der Waals surface area contributed by atoms with Crippen LogP contribution >= 0.6 is 11.3 Å². The zero-order valence-electron chi connectivity index (χ0n) is 19.6. The Morgan fingerprint density at radius 3 is 2.31 bits per heavy atom. The number of hydrogen-bond acceptors (Lipinski definition) is 6. The molecule has 2 aromatic heterocycles. The van der Waals surface area contributed by atoms with Crippen molar-refractivity contribution >= 4 is 34.1 Å². The second-order valence-electron chi connectivity index (χ2n) is 7.61. The highest BCUT2D eigenvalue weighted by Gasteiger charge is 2.17. The SMILES string of the molecule is COc1cc(-c2csc(=Nc3ccccc3)n2N=Cc2c[nH]c3ccccc23)cc(OC)c1OC. The second-order valence-corrected chi connectivity index (χ2v) is 8.45. The molecule has 5 rings (SSSR count). The van der Waals surface area contributed by atoms with Crippen LogP contribution in [0.2, 0.25) is 0 Å². The van der Waals surface area contributed by atoms with Gasteiger partial charge in [-0.15, -0.1) is 11.3 Å². The molecule has 0 aliphatic carbocycles. The Morgan fingerprint density at radius 1 is 0.886 bits per heavy atom. The highest BCUT2D eigenvalue weighted by atomic mass is 32.1. The lowest BCUT2D eigenvalue weighted by atomic mass is 10.1. The van der Waals surface area contributed by atoms with Crippen LogP contribution in [0.1, 0.15) is 5.56 Å². The monoisotopic (exact) mass is 484 g/mol. The zero-order chi connectivity index (χ0) is 24.2. The van der Waals surface area contributed by atoms with Crippen LogP contribution in [-0.2, 0) is 0 Å². The molecule has 0 atom stereocenters. The lowest BCUT2D eigenvalue weighted by molar-refractivity contribution is 0.324. The van der Waals surface area contributed by atoms with E-state index in [-0.39, 0.29) is 0 Å². The second kappa shape index (κ2) is 9.90. The number of hydrogen-bond donors (Lipinski definition) is 1. The van der Waals surface area contributed by atoms with Crippen LogP contribution in [0.15, 0.2) is 88.4 Å². The van der Waals surface area contributed by atoms with Gasteiger partial charge in [-0.3, -0.25) is 0 Å². The molecular formula is C27H24N4O3S. The Morgan fingerprint density at radius 2 is 1.60 bits per heavy atom. The highest BCUT2D eigenvalue weighted by molar-refractivity contribution is 7.07. The standard InChI is InChI=1S/C27H24N4O3S/c1-32-24-13-18(14-25(33-2)26(24)34-3)23-17-35-27(30-20-9-5-4-6-10-20)31(23)29-16-19-15-28-22-12-8-7-11-21(19)22/h4-17,28H,1-3H3. The van der Waals surface area contributed by atoms with Crippen LogP contribution in [0.4, 0.5) is 5.69 Å². The first-order chi connectivity index (χ1) is 17.2. The van der Waals surface area contributed by atoms with Gasteiger partial charge in [0.1, 0.15) is 0 Å². The van der Waals surface area contributed by atoms with E-state index in [0.717, 1.165) is 38.2 Å². The molecule has 0 saturated carbocycles. The molecule has 0 aliphatic heterocycles. The number of H-pyrrole nitrogens is 1. The predicted molar refractivity (Wildman–Crippen MR) is 140 cm³/mol. The molecule has 0 bridgehead atoms. The van der Waals surface area contributed by atoms with E-state index in [1.165, 1.54) is 11.3 Å². The van der Waals surface area contributed by atoms with Gasteiger partial charge in [0.2, 0.25) is 10.6 Å². The fourth-order valence-electron chi connectivity index (χ4n) is 3.85. The molecule has 0 spiro atoms. The maximum absolute atomic E-state index is 5.57. The summed E-state index contributed by atoms with van der Waals surface area (Å²) in [6.07, 6.45) is 3.80. The number of methoxy groups -OCH3 is 3. The summed E-state index contributed by atoms with van der Waals surface area (Å²) in [5.41, 5.74) is 4.60. The first-order valence-corrected chi connectivity index (χ1v) is 11.8. The molecular weight excluding hydrogens is 460 g/mol. The van der Waals surface area contributed by atoms with Crippen molar-refractivity contribution in [2.24, 2.45) is 10.1 Å². The van der Waals surface area contributed by atoms with Crippen molar-refractivity contribution in [3.8, 4) is 28.5 Å². The normalized spacial score (nSPS) is 11.9. The van der Waals surface area contributed by atoms with E-state index in [1.54, 1.807) is 21.3 Å². The minimum absolute atomic E-state index is 0.539. The van der Waals surface area contributed by atoms with E-state index in [0.29, 0.717) is 17.2 Å². The maximum Gasteiger partial charge on any atom is 0.211 e. The predicted octanol–water partition coefficient (Wildman–Crippen LogP) is 5.84. The van der Waals surface area contributed by atoms with Gasteiger partial charge in [0.25, 0.3) is 0 Å². The van der Waals surface area contributed by atoms with Gasteiger partial charge in [0.05, 0.1) is 38.9 Å². The van der Waals surface area contributed by atoms with Crippen molar-refractivity contribution in [3.63, 3.8) is 0 Å². The average molecular weight is 485 g/mol. The summed E-state index contributed by atoms with van der Waals surface area (Å²) in [5.74, 6) is 1.68. The third-order valence-corrected chi connectivity index (χ3v) is 6.38. The van der Waals surface area contributed by atoms with Crippen LogP contribution in [0.5, 0.6) is 17.2 Å². The number of rotatable bonds is 7. The van der Waals surface area contributed by atoms with Crippen molar-refractivity contribution in [2.45, 2.75) is 0 Å². The summed E-state index contributed by atoms with van der Waals surface area (Å²) < 4.78 is 18.5. The molecule has 1 N–H and O–H groups in total.